The van der Waals surface area contributed by atoms with Gasteiger partial charge in [0, 0.05) is 11.6 Å². The summed E-state index contributed by atoms with van der Waals surface area (Å²) in [5.74, 6) is 0.758. The average molecular weight is 232 g/mol. The highest BCUT2D eigenvalue weighted by molar-refractivity contribution is 5.96. The Morgan fingerprint density at radius 1 is 1.35 bits per heavy atom. The van der Waals surface area contributed by atoms with Crippen LogP contribution in [0.25, 0.3) is 10.9 Å². The van der Waals surface area contributed by atoms with Crippen molar-refractivity contribution < 1.29 is 9.53 Å². The van der Waals surface area contributed by atoms with Crippen molar-refractivity contribution in [3.63, 3.8) is 0 Å². The van der Waals surface area contributed by atoms with Gasteiger partial charge >= 0.3 is 0 Å². The minimum absolute atomic E-state index is 0.0366. The molecule has 2 aromatic rings. The quantitative estimate of drug-likeness (QED) is 0.810. The maximum absolute atomic E-state index is 12.1. The number of para-hydroxylation sites is 1. The molecule has 0 atom stereocenters. The summed E-state index contributed by atoms with van der Waals surface area (Å²) in [5, 5.41) is 1.01. The molecule has 0 aliphatic carbocycles. The molecule has 1 heterocycles. The van der Waals surface area contributed by atoms with Crippen molar-refractivity contribution in [3.8, 4) is 5.75 Å². The van der Waals surface area contributed by atoms with Gasteiger partial charge in [0.25, 0.3) is 0 Å². The highest BCUT2D eigenvalue weighted by atomic mass is 16.5. The molecule has 2 rings (SSSR count). The number of methoxy groups -OCH3 is 1. The summed E-state index contributed by atoms with van der Waals surface area (Å²) in [6.45, 7) is 0.377. The van der Waals surface area contributed by atoms with E-state index in [4.69, 9.17) is 4.74 Å². The van der Waals surface area contributed by atoms with Crippen LogP contribution in [0.3, 0.4) is 0 Å². The van der Waals surface area contributed by atoms with E-state index in [0.29, 0.717) is 6.54 Å². The number of likely N-dealkylation sites (N-methyl/N-ethyl adjacent to an activating group) is 1. The Bertz CT molecular complexity index is 543. The first-order valence-corrected chi connectivity index (χ1v) is 5.45. The third-order valence-electron chi connectivity index (χ3n) is 2.61. The van der Waals surface area contributed by atoms with Gasteiger partial charge in [-0.3, -0.25) is 9.36 Å². The van der Waals surface area contributed by atoms with Crippen LogP contribution >= 0.6 is 0 Å². The summed E-state index contributed by atoms with van der Waals surface area (Å²) in [4.78, 5) is 13.9. The van der Waals surface area contributed by atoms with E-state index in [0.717, 1.165) is 16.7 Å². The molecule has 0 saturated carbocycles. The van der Waals surface area contributed by atoms with E-state index in [9.17, 15) is 4.79 Å². The third-order valence-corrected chi connectivity index (χ3v) is 2.61. The van der Waals surface area contributed by atoms with E-state index in [1.54, 1.807) is 17.9 Å². The van der Waals surface area contributed by atoms with Gasteiger partial charge in [-0.1, -0.05) is 12.1 Å². The van der Waals surface area contributed by atoms with Gasteiger partial charge in [0.05, 0.1) is 19.2 Å². The highest BCUT2D eigenvalue weighted by Crippen LogP contribution is 2.26. The molecule has 1 aromatic carbocycles. The van der Waals surface area contributed by atoms with Gasteiger partial charge in [-0.25, -0.2) is 0 Å². The summed E-state index contributed by atoms with van der Waals surface area (Å²) < 4.78 is 6.94. The number of hydrogen-bond donors (Lipinski definition) is 0. The Hall–Kier alpha value is -1.81. The van der Waals surface area contributed by atoms with Crippen LogP contribution < -0.4 is 4.74 Å². The average Bonchev–Trinajstić information content (AvgIpc) is 2.71. The summed E-state index contributed by atoms with van der Waals surface area (Å²) >= 11 is 0. The molecule has 4 heteroatoms. The smallest absolute Gasteiger partial charge is 0.245 e. The van der Waals surface area contributed by atoms with Gasteiger partial charge < -0.3 is 9.64 Å². The molecule has 0 spiro atoms. The molecule has 0 N–H and O–H groups in total. The van der Waals surface area contributed by atoms with Crippen LogP contribution in [-0.4, -0.2) is 43.1 Å². The molecule has 90 valence electrons. The summed E-state index contributed by atoms with van der Waals surface area (Å²) in [6.07, 6.45) is 1.79. The molecule has 0 saturated heterocycles. The summed E-state index contributed by atoms with van der Waals surface area (Å²) in [5.41, 5.74) is 0.835. The van der Waals surface area contributed by atoms with Crippen molar-refractivity contribution in [3.05, 3.63) is 30.5 Å². The lowest BCUT2D eigenvalue weighted by Gasteiger charge is -2.11. The molecular weight excluding hydrogens is 216 g/mol. The number of fused-ring (bicyclic) bond motifs is 1. The first-order valence-electron chi connectivity index (χ1n) is 5.45. The molecule has 0 bridgehead atoms. The second-order valence-electron chi connectivity index (χ2n) is 4.22. The van der Waals surface area contributed by atoms with Crippen LogP contribution in [0.5, 0.6) is 5.75 Å². The van der Waals surface area contributed by atoms with E-state index < -0.39 is 0 Å². The molecule has 17 heavy (non-hydrogen) atoms. The van der Waals surface area contributed by atoms with Gasteiger partial charge in [0.2, 0.25) is 5.91 Å². The van der Waals surface area contributed by atoms with Crippen LogP contribution in [-0.2, 0) is 0 Å². The second kappa shape index (κ2) is 4.59. The van der Waals surface area contributed by atoms with Crippen molar-refractivity contribution >= 4 is 16.8 Å². The number of ether oxygens (including phenoxy) is 1. The van der Waals surface area contributed by atoms with Gasteiger partial charge in [-0.15, -0.1) is 0 Å². The first-order chi connectivity index (χ1) is 8.13. The largest absolute Gasteiger partial charge is 0.495 e. The van der Waals surface area contributed by atoms with Crippen molar-refractivity contribution in [1.82, 2.24) is 9.47 Å². The first kappa shape index (κ1) is 11.7. The number of carbonyl (C=O) groups excluding carboxylic acids is 1. The highest BCUT2D eigenvalue weighted by Gasteiger charge is 2.12. The van der Waals surface area contributed by atoms with E-state index in [1.165, 1.54) is 0 Å². The molecule has 0 aliphatic heterocycles. The van der Waals surface area contributed by atoms with E-state index in [-0.39, 0.29) is 5.91 Å². The molecular formula is C13H16N2O2. The van der Waals surface area contributed by atoms with Crippen molar-refractivity contribution in [2.24, 2.45) is 0 Å². The van der Waals surface area contributed by atoms with Crippen molar-refractivity contribution in [2.45, 2.75) is 0 Å². The lowest BCUT2D eigenvalue weighted by Crippen LogP contribution is -2.25. The SMILES string of the molecule is COc1cccc2ccn(C(=O)CN(C)C)c12. The minimum atomic E-state index is 0.0366. The van der Waals surface area contributed by atoms with Crippen LogP contribution in [0, 0.1) is 0 Å². The summed E-state index contributed by atoms with van der Waals surface area (Å²) in [6, 6.07) is 7.67. The molecule has 0 fully saturated rings. The topological polar surface area (TPSA) is 34.5 Å². The Labute approximate surface area is 100 Å². The monoisotopic (exact) mass is 232 g/mol. The molecule has 1 aromatic heterocycles. The number of carbonyl (C=O) groups is 1. The number of rotatable bonds is 3. The maximum Gasteiger partial charge on any atom is 0.245 e. The zero-order valence-corrected chi connectivity index (χ0v) is 10.3. The van der Waals surface area contributed by atoms with Gasteiger partial charge in [-0.05, 0) is 26.2 Å². The second-order valence-corrected chi connectivity index (χ2v) is 4.22. The van der Waals surface area contributed by atoms with Gasteiger partial charge in [-0.2, -0.15) is 0 Å². The molecule has 4 nitrogen and oxygen atoms in total. The van der Waals surface area contributed by atoms with Gasteiger partial charge in [0.15, 0.2) is 0 Å². The molecule has 0 amide bonds. The predicted octanol–water partition coefficient (Wildman–Crippen LogP) is 1.85. The number of nitrogens with zero attached hydrogens (tertiary/aromatic N) is 2. The lowest BCUT2D eigenvalue weighted by atomic mass is 10.2. The maximum atomic E-state index is 12.1. The van der Waals surface area contributed by atoms with Crippen molar-refractivity contribution in [1.29, 1.82) is 0 Å². The van der Waals surface area contributed by atoms with Crippen LogP contribution in [0.15, 0.2) is 30.5 Å². The van der Waals surface area contributed by atoms with Gasteiger partial charge in [0.1, 0.15) is 5.75 Å². The Balaban J connectivity index is 2.51. The fourth-order valence-corrected chi connectivity index (χ4v) is 1.88. The Kier molecular flexibility index (Phi) is 3.15. The van der Waals surface area contributed by atoms with E-state index in [1.807, 2.05) is 43.3 Å². The minimum Gasteiger partial charge on any atom is -0.495 e. The number of hydrogen-bond acceptors (Lipinski definition) is 3. The van der Waals surface area contributed by atoms with Crippen LogP contribution in [0.1, 0.15) is 4.79 Å². The number of benzene rings is 1. The normalized spacial score (nSPS) is 11.1. The Morgan fingerprint density at radius 3 is 2.76 bits per heavy atom. The fourth-order valence-electron chi connectivity index (χ4n) is 1.88. The zero-order valence-electron chi connectivity index (χ0n) is 10.3. The molecule has 0 unspecified atom stereocenters. The lowest BCUT2D eigenvalue weighted by molar-refractivity contribution is 0.0881. The molecule has 0 aliphatic rings. The van der Waals surface area contributed by atoms with Crippen LogP contribution in [0.2, 0.25) is 0 Å². The third kappa shape index (κ3) is 2.17. The standard InChI is InChI=1S/C13H16N2O2/c1-14(2)9-12(16)15-8-7-10-5-4-6-11(17-3)13(10)15/h4-8H,9H2,1-3H3. The molecule has 0 radical (unpaired) electrons. The predicted molar refractivity (Wildman–Crippen MR) is 67.7 cm³/mol. The van der Waals surface area contributed by atoms with Crippen LogP contribution in [0.4, 0.5) is 0 Å². The number of aromatic nitrogens is 1. The van der Waals surface area contributed by atoms with E-state index >= 15 is 0 Å². The summed E-state index contributed by atoms with van der Waals surface area (Å²) in [7, 11) is 5.37. The van der Waals surface area contributed by atoms with E-state index in [2.05, 4.69) is 0 Å². The fraction of sp³-hybridized carbons (Fsp3) is 0.308. The zero-order chi connectivity index (χ0) is 12.4. The Morgan fingerprint density at radius 2 is 2.12 bits per heavy atom. The van der Waals surface area contributed by atoms with Crippen molar-refractivity contribution in [2.75, 3.05) is 27.7 Å².